The van der Waals surface area contributed by atoms with Gasteiger partial charge in [-0.15, -0.1) is 0 Å². The van der Waals surface area contributed by atoms with E-state index in [1.54, 1.807) is 0 Å². The van der Waals surface area contributed by atoms with Crippen molar-refractivity contribution < 1.29 is 23.2 Å². The fraction of sp³-hybridized carbons (Fsp3) is 0.364. The Morgan fingerprint density at radius 2 is 2.00 bits per heavy atom. The molecule has 0 aromatic heterocycles. The van der Waals surface area contributed by atoms with Crippen LogP contribution in [0.25, 0.3) is 0 Å². The number of nitro groups is 1. The number of carboxylic acids is 1. The lowest BCUT2D eigenvalue weighted by Crippen LogP contribution is -2.54. The number of nitrogens with zero attached hydrogens (tertiary/aromatic N) is 1. The molecular formula is C11H12N2O6S2. The number of hydrogen-bond acceptors (Lipinski definition) is 6. The maximum atomic E-state index is 12.2. The first kappa shape index (κ1) is 15.7. The Hall–Kier alpha value is -1.65. The van der Waals surface area contributed by atoms with E-state index in [2.05, 4.69) is 4.72 Å². The lowest BCUT2D eigenvalue weighted by Gasteiger charge is -2.24. The van der Waals surface area contributed by atoms with Crippen molar-refractivity contribution in [2.75, 3.05) is 11.5 Å². The third kappa shape index (κ3) is 3.17. The molecule has 1 aliphatic heterocycles. The third-order valence-corrected chi connectivity index (χ3v) is 5.86. The number of non-ortho nitro benzene ring substituents is 1. The first-order valence-electron chi connectivity index (χ1n) is 5.86. The number of rotatable bonds is 5. The average Bonchev–Trinajstić information content (AvgIpc) is 2.88. The molecule has 1 atom stereocenters. The molecule has 10 heteroatoms. The first-order valence-corrected chi connectivity index (χ1v) is 8.50. The summed E-state index contributed by atoms with van der Waals surface area (Å²) in [6, 6.07) is 4.28. The van der Waals surface area contributed by atoms with Crippen molar-refractivity contribution in [1.29, 1.82) is 0 Å². The topological polar surface area (TPSA) is 127 Å². The van der Waals surface area contributed by atoms with Crippen LogP contribution in [0.2, 0.25) is 0 Å². The van der Waals surface area contributed by atoms with E-state index in [9.17, 15) is 28.4 Å². The van der Waals surface area contributed by atoms with Crippen molar-refractivity contribution in [1.82, 2.24) is 4.72 Å². The fourth-order valence-corrected chi connectivity index (χ4v) is 4.73. The molecule has 21 heavy (non-hydrogen) atoms. The average molecular weight is 332 g/mol. The van der Waals surface area contributed by atoms with Crippen LogP contribution in [0.3, 0.4) is 0 Å². The number of hydrogen-bond donors (Lipinski definition) is 2. The van der Waals surface area contributed by atoms with Crippen molar-refractivity contribution in [3.63, 3.8) is 0 Å². The zero-order valence-electron chi connectivity index (χ0n) is 10.7. The van der Waals surface area contributed by atoms with E-state index in [4.69, 9.17) is 0 Å². The summed E-state index contributed by atoms with van der Waals surface area (Å²) in [4.78, 5) is 21.0. The standard InChI is InChI=1S/C11H12N2O6S2/c14-10(15)11(5-6-20-7-11)12-21(18,19)9-3-1-8(2-4-9)13(16)17/h1-4,12H,5-7H2,(H,14,15). The molecule has 1 aliphatic rings. The quantitative estimate of drug-likeness (QED) is 0.604. The summed E-state index contributed by atoms with van der Waals surface area (Å²) in [5.41, 5.74) is -1.76. The van der Waals surface area contributed by atoms with Gasteiger partial charge in [0.1, 0.15) is 5.54 Å². The number of nitrogens with one attached hydrogen (secondary N) is 1. The highest BCUT2D eigenvalue weighted by molar-refractivity contribution is 7.99. The summed E-state index contributed by atoms with van der Waals surface area (Å²) in [7, 11) is -4.06. The molecule has 0 saturated carbocycles. The van der Waals surface area contributed by atoms with E-state index in [1.807, 2.05) is 0 Å². The Balaban J connectivity index is 2.29. The monoisotopic (exact) mass is 332 g/mol. The molecule has 8 nitrogen and oxygen atoms in total. The molecule has 114 valence electrons. The van der Waals surface area contributed by atoms with Gasteiger partial charge in [-0.25, -0.2) is 8.42 Å². The smallest absolute Gasteiger partial charge is 0.325 e. The van der Waals surface area contributed by atoms with Gasteiger partial charge in [0.2, 0.25) is 10.0 Å². The van der Waals surface area contributed by atoms with E-state index in [0.717, 1.165) is 24.3 Å². The van der Waals surface area contributed by atoms with Crippen molar-refractivity contribution in [3.05, 3.63) is 34.4 Å². The summed E-state index contributed by atoms with van der Waals surface area (Å²) >= 11 is 1.35. The van der Waals surface area contributed by atoms with Crippen molar-refractivity contribution in [3.8, 4) is 0 Å². The Kier molecular flexibility index (Phi) is 4.21. The number of thioether (sulfide) groups is 1. The molecule has 1 aromatic rings. The van der Waals surface area contributed by atoms with Crippen LogP contribution >= 0.6 is 11.8 Å². The van der Waals surface area contributed by atoms with Gasteiger partial charge in [0.15, 0.2) is 0 Å². The van der Waals surface area contributed by atoms with Crippen LogP contribution < -0.4 is 4.72 Å². The number of benzene rings is 1. The molecule has 0 bridgehead atoms. The zero-order valence-corrected chi connectivity index (χ0v) is 12.3. The molecular weight excluding hydrogens is 320 g/mol. The van der Waals surface area contributed by atoms with Crippen molar-refractivity contribution >= 4 is 33.4 Å². The van der Waals surface area contributed by atoms with Crippen LogP contribution in [-0.2, 0) is 14.8 Å². The predicted molar refractivity (Wildman–Crippen MR) is 75.7 cm³/mol. The van der Waals surface area contributed by atoms with E-state index < -0.39 is 26.5 Å². The van der Waals surface area contributed by atoms with Crippen LogP contribution in [-0.4, -0.2) is 41.5 Å². The van der Waals surface area contributed by atoms with Gasteiger partial charge in [-0.05, 0) is 24.3 Å². The zero-order chi connectivity index (χ0) is 15.7. The SMILES string of the molecule is O=C(O)C1(NS(=O)(=O)c2ccc([N+](=O)[O-])cc2)CCSC1. The van der Waals surface area contributed by atoms with Gasteiger partial charge < -0.3 is 5.11 Å². The fourth-order valence-electron chi connectivity index (χ4n) is 1.92. The summed E-state index contributed by atoms with van der Waals surface area (Å²) in [5.74, 6) is -0.526. The number of carbonyl (C=O) groups is 1. The van der Waals surface area contributed by atoms with Crippen LogP contribution in [0.1, 0.15) is 6.42 Å². The predicted octanol–water partition coefficient (Wildman–Crippen LogP) is 0.833. The van der Waals surface area contributed by atoms with Crippen LogP contribution in [0.15, 0.2) is 29.2 Å². The normalized spacial score (nSPS) is 22.1. The van der Waals surface area contributed by atoms with E-state index in [-0.39, 0.29) is 22.8 Å². The Morgan fingerprint density at radius 3 is 2.43 bits per heavy atom. The largest absolute Gasteiger partial charge is 0.480 e. The highest BCUT2D eigenvalue weighted by atomic mass is 32.2. The van der Waals surface area contributed by atoms with Gasteiger partial charge in [-0.3, -0.25) is 14.9 Å². The van der Waals surface area contributed by atoms with Crippen LogP contribution in [0.4, 0.5) is 5.69 Å². The number of nitro benzene ring substituents is 1. The minimum absolute atomic E-state index is 0.147. The van der Waals surface area contributed by atoms with Gasteiger partial charge in [0, 0.05) is 17.9 Å². The summed E-state index contributed by atoms with van der Waals surface area (Å²) < 4.78 is 26.7. The van der Waals surface area contributed by atoms with E-state index >= 15 is 0 Å². The van der Waals surface area contributed by atoms with Crippen molar-refractivity contribution in [2.45, 2.75) is 16.9 Å². The lowest BCUT2D eigenvalue weighted by molar-refractivity contribution is -0.384. The van der Waals surface area contributed by atoms with Gasteiger partial charge in [0.05, 0.1) is 9.82 Å². The summed E-state index contributed by atoms with van der Waals surface area (Å²) in [5, 5.41) is 19.8. The second-order valence-electron chi connectivity index (χ2n) is 4.55. The molecule has 0 spiro atoms. The molecule has 0 amide bonds. The second-order valence-corrected chi connectivity index (χ2v) is 7.33. The molecule has 2 N–H and O–H groups in total. The Labute approximate surface area is 124 Å². The van der Waals surface area contributed by atoms with Gasteiger partial charge in [-0.2, -0.15) is 16.5 Å². The Bertz CT molecular complexity index is 664. The van der Waals surface area contributed by atoms with Crippen molar-refractivity contribution in [2.24, 2.45) is 0 Å². The molecule has 1 fully saturated rings. The summed E-state index contributed by atoms with van der Waals surface area (Å²) in [6.45, 7) is 0. The van der Waals surface area contributed by atoms with Gasteiger partial charge >= 0.3 is 5.97 Å². The van der Waals surface area contributed by atoms with E-state index in [1.165, 1.54) is 11.8 Å². The number of sulfonamides is 1. The lowest BCUT2D eigenvalue weighted by atomic mass is 10.0. The molecule has 1 saturated heterocycles. The minimum atomic E-state index is -4.06. The maximum absolute atomic E-state index is 12.2. The number of carboxylic acid groups (broad SMARTS) is 1. The molecule has 0 aliphatic carbocycles. The highest BCUT2D eigenvalue weighted by Gasteiger charge is 2.45. The maximum Gasteiger partial charge on any atom is 0.325 e. The van der Waals surface area contributed by atoms with Crippen LogP contribution in [0, 0.1) is 10.1 Å². The highest BCUT2D eigenvalue weighted by Crippen LogP contribution is 2.30. The van der Waals surface area contributed by atoms with Gasteiger partial charge in [-0.1, -0.05) is 0 Å². The second kappa shape index (κ2) is 5.62. The van der Waals surface area contributed by atoms with Crippen LogP contribution in [0.5, 0.6) is 0 Å². The number of aliphatic carboxylic acids is 1. The Morgan fingerprint density at radius 1 is 1.38 bits per heavy atom. The third-order valence-electron chi connectivity index (χ3n) is 3.12. The van der Waals surface area contributed by atoms with Gasteiger partial charge in [0.25, 0.3) is 5.69 Å². The molecule has 1 heterocycles. The first-order chi connectivity index (χ1) is 9.77. The summed E-state index contributed by atoms with van der Waals surface area (Å²) in [6.07, 6.45) is 0.194. The minimum Gasteiger partial charge on any atom is -0.480 e. The molecule has 1 aromatic carbocycles. The van der Waals surface area contributed by atoms with E-state index in [0.29, 0.717) is 5.75 Å². The molecule has 0 radical (unpaired) electrons. The molecule has 1 unspecified atom stereocenters. The molecule has 2 rings (SSSR count).